The number of rotatable bonds is 7. The van der Waals surface area contributed by atoms with Crippen LogP contribution >= 0.6 is 0 Å². The normalized spacial score (nSPS) is 19.7. The van der Waals surface area contributed by atoms with Gasteiger partial charge in [-0.25, -0.2) is 4.98 Å². The molecule has 0 saturated carbocycles. The van der Waals surface area contributed by atoms with Crippen LogP contribution in [0.5, 0.6) is 5.88 Å². The monoisotopic (exact) mass is 277 g/mol. The second-order valence-electron chi connectivity index (χ2n) is 5.95. The van der Waals surface area contributed by atoms with E-state index in [1.165, 1.54) is 24.9 Å². The summed E-state index contributed by atoms with van der Waals surface area (Å²) >= 11 is 0. The molecule has 2 heterocycles. The molecule has 0 spiro atoms. The molecule has 1 aliphatic rings. The van der Waals surface area contributed by atoms with Gasteiger partial charge in [0.2, 0.25) is 5.88 Å². The van der Waals surface area contributed by atoms with Crippen molar-refractivity contribution in [2.45, 2.75) is 51.7 Å². The van der Waals surface area contributed by atoms with Gasteiger partial charge < -0.3 is 15.0 Å². The molecule has 0 amide bonds. The molecule has 0 aliphatic carbocycles. The number of aromatic nitrogens is 1. The number of likely N-dealkylation sites (tertiary alicyclic amines) is 1. The summed E-state index contributed by atoms with van der Waals surface area (Å²) in [4.78, 5) is 6.72. The summed E-state index contributed by atoms with van der Waals surface area (Å²) in [7, 11) is 2.20. The van der Waals surface area contributed by atoms with Crippen molar-refractivity contribution < 1.29 is 4.74 Å². The average Bonchev–Trinajstić information content (AvgIpc) is 2.83. The molecule has 1 aromatic rings. The largest absolute Gasteiger partial charge is 0.478 e. The van der Waals surface area contributed by atoms with Gasteiger partial charge in [-0.2, -0.15) is 0 Å². The van der Waals surface area contributed by atoms with Crippen LogP contribution in [-0.4, -0.2) is 42.2 Å². The zero-order valence-corrected chi connectivity index (χ0v) is 12.9. The molecule has 1 N–H and O–H groups in total. The lowest BCUT2D eigenvalue weighted by atomic mass is 10.1. The molecule has 1 fully saturated rings. The molecule has 4 heteroatoms. The third-order valence-electron chi connectivity index (χ3n) is 3.89. The van der Waals surface area contributed by atoms with Crippen LogP contribution in [0.2, 0.25) is 0 Å². The van der Waals surface area contributed by atoms with Gasteiger partial charge in [-0.15, -0.1) is 0 Å². The van der Waals surface area contributed by atoms with Crippen molar-refractivity contribution in [2.24, 2.45) is 0 Å². The van der Waals surface area contributed by atoms with Gasteiger partial charge in [0.15, 0.2) is 0 Å². The van der Waals surface area contributed by atoms with Crippen LogP contribution in [0.3, 0.4) is 0 Å². The molecule has 20 heavy (non-hydrogen) atoms. The quantitative estimate of drug-likeness (QED) is 0.830. The molecule has 0 aromatic carbocycles. The number of ether oxygens (including phenoxy) is 1. The molecule has 1 aliphatic heterocycles. The number of hydrogen-bond donors (Lipinski definition) is 1. The van der Waals surface area contributed by atoms with Crippen LogP contribution in [0.4, 0.5) is 0 Å². The highest BCUT2D eigenvalue weighted by molar-refractivity contribution is 5.20. The third-order valence-corrected chi connectivity index (χ3v) is 3.89. The third kappa shape index (κ3) is 4.76. The van der Waals surface area contributed by atoms with Gasteiger partial charge in [-0.1, -0.05) is 13.8 Å². The van der Waals surface area contributed by atoms with E-state index in [0.29, 0.717) is 12.1 Å². The minimum absolute atomic E-state index is 0.491. The highest BCUT2D eigenvalue weighted by Crippen LogP contribution is 2.18. The van der Waals surface area contributed by atoms with E-state index < -0.39 is 0 Å². The Bertz CT molecular complexity index is 408. The summed E-state index contributed by atoms with van der Waals surface area (Å²) in [5.41, 5.74) is 1.22. The molecule has 112 valence electrons. The van der Waals surface area contributed by atoms with E-state index in [0.717, 1.165) is 25.5 Å². The Balaban J connectivity index is 1.76. The number of pyridine rings is 1. The second kappa shape index (κ2) is 7.60. The van der Waals surface area contributed by atoms with E-state index in [1.807, 2.05) is 18.3 Å². The van der Waals surface area contributed by atoms with E-state index >= 15 is 0 Å². The van der Waals surface area contributed by atoms with Crippen LogP contribution in [0, 0.1) is 0 Å². The fourth-order valence-corrected chi connectivity index (χ4v) is 2.60. The van der Waals surface area contributed by atoms with E-state index in [4.69, 9.17) is 4.74 Å². The minimum atomic E-state index is 0.491. The minimum Gasteiger partial charge on any atom is -0.478 e. The Morgan fingerprint density at radius 3 is 3.05 bits per heavy atom. The van der Waals surface area contributed by atoms with E-state index in [-0.39, 0.29) is 0 Å². The van der Waals surface area contributed by atoms with Crippen LogP contribution in [0.15, 0.2) is 18.3 Å². The molecular weight excluding hydrogens is 250 g/mol. The summed E-state index contributed by atoms with van der Waals surface area (Å²) in [6.07, 6.45) is 5.53. The fourth-order valence-electron chi connectivity index (χ4n) is 2.60. The Morgan fingerprint density at radius 2 is 2.35 bits per heavy atom. The van der Waals surface area contributed by atoms with Gasteiger partial charge in [-0.05, 0) is 44.5 Å². The van der Waals surface area contributed by atoms with Crippen LogP contribution < -0.4 is 10.1 Å². The maximum absolute atomic E-state index is 5.80. The standard InChI is InChI=1S/C16H27N3O/c1-13(2)18-12-14-6-8-17-16(11-14)20-10-7-15-5-4-9-19(15)3/h6,8,11,13,15,18H,4-5,7,9-10,12H2,1-3H3. The molecule has 2 rings (SSSR count). The first-order chi connectivity index (χ1) is 9.65. The SMILES string of the molecule is CC(C)NCc1ccnc(OCCC2CCCN2C)c1. The maximum atomic E-state index is 5.80. The lowest BCUT2D eigenvalue weighted by Gasteiger charge is -2.19. The van der Waals surface area contributed by atoms with Crippen molar-refractivity contribution in [2.75, 3.05) is 20.2 Å². The van der Waals surface area contributed by atoms with Crippen molar-refractivity contribution in [3.63, 3.8) is 0 Å². The summed E-state index contributed by atoms with van der Waals surface area (Å²) in [5, 5.41) is 3.41. The van der Waals surface area contributed by atoms with Crippen molar-refractivity contribution >= 4 is 0 Å². The predicted molar refractivity (Wildman–Crippen MR) is 82.0 cm³/mol. The zero-order chi connectivity index (χ0) is 14.4. The van der Waals surface area contributed by atoms with E-state index in [9.17, 15) is 0 Å². The first-order valence-electron chi connectivity index (χ1n) is 7.66. The van der Waals surface area contributed by atoms with Crippen LogP contribution in [-0.2, 0) is 6.54 Å². The van der Waals surface area contributed by atoms with Gasteiger partial charge in [0, 0.05) is 30.9 Å². The second-order valence-corrected chi connectivity index (χ2v) is 5.95. The van der Waals surface area contributed by atoms with Crippen molar-refractivity contribution in [3.05, 3.63) is 23.9 Å². The number of nitrogens with zero attached hydrogens (tertiary/aromatic N) is 2. The zero-order valence-electron chi connectivity index (χ0n) is 12.9. The molecule has 1 unspecified atom stereocenters. The maximum Gasteiger partial charge on any atom is 0.213 e. The van der Waals surface area contributed by atoms with Gasteiger partial charge in [0.1, 0.15) is 0 Å². The highest BCUT2D eigenvalue weighted by Gasteiger charge is 2.20. The molecule has 0 bridgehead atoms. The fraction of sp³-hybridized carbons (Fsp3) is 0.688. The summed E-state index contributed by atoms with van der Waals surface area (Å²) < 4.78 is 5.80. The molecule has 1 saturated heterocycles. The summed E-state index contributed by atoms with van der Waals surface area (Å²) in [5.74, 6) is 0.744. The highest BCUT2D eigenvalue weighted by atomic mass is 16.5. The molecular formula is C16H27N3O. The number of hydrogen-bond acceptors (Lipinski definition) is 4. The van der Waals surface area contributed by atoms with Gasteiger partial charge in [-0.3, -0.25) is 0 Å². The Kier molecular flexibility index (Phi) is 5.80. The van der Waals surface area contributed by atoms with Crippen LogP contribution in [0.1, 0.15) is 38.7 Å². The molecule has 4 nitrogen and oxygen atoms in total. The molecule has 1 aromatic heterocycles. The van der Waals surface area contributed by atoms with Gasteiger partial charge >= 0.3 is 0 Å². The molecule has 1 atom stereocenters. The predicted octanol–water partition coefficient (Wildman–Crippen LogP) is 2.44. The Hall–Kier alpha value is -1.13. The van der Waals surface area contributed by atoms with Gasteiger partial charge in [0.25, 0.3) is 0 Å². The first-order valence-corrected chi connectivity index (χ1v) is 7.66. The van der Waals surface area contributed by atoms with Crippen molar-refractivity contribution in [3.8, 4) is 5.88 Å². The van der Waals surface area contributed by atoms with E-state index in [2.05, 4.69) is 36.1 Å². The van der Waals surface area contributed by atoms with Crippen LogP contribution in [0.25, 0.3) is 0 Å². The van der Waals surface area contributed by atoms with Crippen molar-refractivity contribution in [1.29, 1.82) is 0 Å². The lowest BCUT2D eigenvalue weighted by Crippen LogP contribution is -2.26. The Labute approximate surface area is 122 Å². The topological polar surface area (TPSA) is 37.4 Å². The molecule has 0 radical (unpaired) electrons. The number of nitrogens with one attached hydrogen (secondary N) is 1. The van der Waals surface area contributed by atoms with Crippen molar-refractivity contribution in [1.82, 2.24) is 15.2 Å². The van der Waals surface area contributed by atoms with E-state index in [1.54, 1.807) is 0 Å². The average molecular weight is 277 g/mol. The smallest absolute Gasteiger partial charge is 0.213 e. The Morgan fingerprint density at radius 1 is 1.50 bits per heavy atom. The lowest BCUT2D eigenvalue weighted by molar-refractivity contribution is 0.228. The summed E-state index contributed by atoms with van der Waals surface area (Å²) in [6, 6.07) is 5.24. The van der Waals surface area contributed by atoms with Gasteiger partial charge in [0.05, 0.1) is 6.61 Å². The first kappa shape index (κ1) is 15.3. The summed E-state index contributed by atoms with van der Waals surface area (Å²) in [6.45, 7) is 7.14.